The number of hydrogen-bond donors (Lipinski definition) is 0. The van der Waals surface area contributed by atoms with Crippen molar-refractivity contribution < 1.29 is 14.3 Å². The molecule has 0 spiro atoms. The lowest BCUT2D eigenvalue weighted by atomic mass is 10.3. The maximum absolute atomic E-state index is 11.7. The predicted octanol–water partition coefficient (Wildman–Crippen LogP) is 1.65. The van der Waals surface area contributed by atoms with Crippen LogP contribution in [0, 0.1) is 0 Å². The molecule has 17 heavy (non-hydrogen) atoms. The standard InChI is InChI=1S/C12H12N2O3/c1-14-8-9(7-13-14)12(15)17-11-5-3-10(16-2)4-6-11/h3-8H,1-2H3. The number of rotatable bonds is 3. The number of ether oxygens (including phenoxy) is 2. The molecule has 0 saturated carbocycles. The van der Waals surface area contributed by atoms with Gasteiger partial charge < -0.3 is 9.47 Å². The molecule has 0 radical (unpaired) electrons. The van der Waals surface area contributed by atoms with Crippen LogP contribution in [0.1, 0.15) is 10.4 Å². The number of carbonyl (C=O) groups excluding carboxylic acids is 1. The second-order valence-corrected chi connectivity index (χ2v) is 3.47. The predicted molar refractivity (Wildman–Crippen MR) is 61.2 cm³/mol. The van der Waals surface area contributed by atoms with Gasteiger partial charge in [-0.05, 0) is 24.3 Å². The summed E-state index contributed by atoms with van der Waals surface area (Å²) in [6.07, 6.45) is 3.07. The molecular weight excluding hydrogens is 220 g/mol. The van der Waals surface area contributed by atoms with Gasteiger partial charge >= 0.3 is 5.97 Å². The van der Waals surface area contributed by atoms with Crippen molar-refractivity contribution >= 4 is 5.97 Å². The second-order valence-electron chi connectivity index (χ2n) is 3.47. The highest BCUT2D eigenvalue weighted by Gasteiger charge is 2.10. The van der Waals surface area contributed by atoms with E-state index in [1.165, 1.54) is 6.20 Å². The molecule has 0 aliphatic heterocycles. The van der Waals surface area contributed by atoms with Crippen molar-refractivity contribution in [3.8, 4) is 11.5 Å². The van der Waals surface area contributed by atoms with Crippen LogP contribution in [0.5, 0.6) is 11.5 Å². The van der Waals surface area contributed by atoms with Crippen molar-refractivity contribution in [1.82, 2.24) is 9.78 Å². The van der Waals surface area contributed by atoms with Gasteiger partial charge in [-0.2, -0.15) is 5.10 Å². The summed E-state index contributed by atoms with van der Waals surface area (Å²) in [4.78, 5) is 11.7. The fraction of sp³-hybridized carbons (Fsp3) is 0.167. The molecule has 5 nitrogen and oxygen atoms in total. The fourth-order valence-corrected chi connectivity index (χ4v) is 1.34. The van der Waals surface area contributed by atoms with Crippen LogP contribution >= 0.6 is 0 Å². The first-order valence-corrected chi connectivity index (χ1v) is 5.04. The number of nitrogens with zero attached hydrogens (tertiary/aromatic N) is 2. The highest BCUT2D eigenvalue weighted by molar-refractivity contribution is 5.90. The van der Waals surface area contributed by atoms with Gasteiger partial charge in [-0.1, -0.05) is 0 Å². The topological polar surface area (TPSA) is 53.4 Å². The van der Waals surface area contributed by atoms with E-state index >= 15 is 0 Å². The zero-order chi connectivity index (χ0) is 12.3. The van der Waals surface area contributed by atoms with Crippen molar-refractivity contribution in [1.29, 1.82) is 0 Å². The summed E-state index contributed by atoms with van der Waals surface area (Å²) in [6, 6.07) is 6.80. The minimum absolute atomic E-state index is 0.420. The van der Waals surface area contributed by atoms with Crippen LogP contribution in [0.2, 0.25) is 0 Å². The van der Waals surface area contributed by atoms with E-state index < -0.39 is 5.97 Å². The third-order valence-electron chi connectivity index (χ3n) is 2.21. The van der Waals surface area contributed by atoms with Crippen molar-refractivity contribution in [2.45, 2.75) is 0 Å². The zero-order valence-electron chi connectivity index (χ0n) is 9.58. The summed E-state index contributed by atoms with van der Waals surface area (Å²) in [5.41, 5.74) is 0.420. The Bertz CT molecular complexity index is 517. The van der Waals surface area contributed by atoms with Crippen LogP contribution in [0.3, 0.4) is 0 Å². The summed E-state index contributed by atoms with van der Waals surface area (Å²) in [6.45, 7) is 0. The van der Waals surface area contributed by atoms with E-state index in [1.54, 1.807) is 49.3 Å². The first kappa shape index (κ1) is 11.2. The summed E-state index contributed by atoms with van der Waals surface area (Å²) < 4.78 is 11.7. The lowest BCUT2D eigenvalue weighted by Crippen LogP contribution is -2.07. The first-order valence-electron chi connectivity index (χ1n) is 5.04. The molecule has 0 amide bonds. The number of aromatic nitrogens is 2. The summed E-state index contributed by atoms with van der Waals surface area (Å²) in [5.74, 6) is 0.758. The van der Waals surface area contributed by atoms with Crippen LogP contribution in [0.4, 0.5) is 0 Å². The van der Waals surface area contributed by atoms with E-state index in [9.17, 15) is 4.79 Å². The van der Waals surface area contributed by atoms with Crippen molar-refractivity contribution in [2.75, 3.05) is 7.11 Å². The molecule has 1 aromatic heterocycles. The van der Waals surface area contributed by atoms with Crippen molar-refractivity contribution in [3.63, 3.8) is 0 Å². The molecule has 5 heteroatoms. The molecule has 0 N–H and O–H groups in total. The molecule has 0 aliphatic carbocycles. The average Bonchev–Trinajstić information content (AvgIpc) is 2.77. The Hall–Kier alpha value is -2.30. The third-order valence-corrected chi connectivity index (χ3v) is 2.21. The highest BCUT2D eigenvalue weighted by atomic mass is 16.5. The van der Waals surface area contributed by atoms with Gasteiger partial charge in [-0.25, -0.2) is 4.79 Å². The van der Waals surface area contributed by atoms with Crippen molar-refractivity contribution in [3.05, 3.63) is 42.2 Å². The molecule has 1 aromatic carbocycles. The molecule has 0 bridgehead atoms. The minimum atomic E-state index is -0.428. The summed E-state index contributed by atoms with van der Waals surface area (Å²) in [7, 11) is 3.32. The van der Waals surface area contributed by atoms with Crippen LogP contribution in [0.15, 0.2) is 36.7 Å². The molecule has 0 saturated heterocycles. The monoisotopic (exact) mass is 232 g/mol. The molecule has 88 valence electrons. The van der Waals surface area contributed by atoms with E-state index in [1.807, 2.05) is 0 Å². The van der Waals surface area contributed by atoms with Gasteiger partial charge in [-0.3, -0.25) is 4.68 Å². The Morgan fingerprint density at radius 1 is 1.24 bits per heavy atom. The zero-order valence-corrected chi connectivity index (χ0v) is 9.58. The summed E-state index contributed by atoms with van der Waals surface area (Å²) >= 11 is 0. The first-order chi connectivity index (χ1) is 8.19. The molecular formula is C12H12N2O3. The van der Waals surface area contributed by atoms with E-state index in [0.29, 0.717) is 17.1 Å². The average molecular weight is 232 g/mol. The Morgan fingerprint density at radius 3 is 2.41 bits per heavy atom. The van der Waals surface area contributed by atoms with E-state index in [4.69, 9.17) is 9.47 Å². The van der Waals surface area contributed by atoms with Crippen LogP contribution in [-0.4, -0.2) is 22.9 Å². The largest absolute Gasteiger partial charge is 0.497 e. The van der Waals surface area contributed by atoms with E-state index in [2.05, 4.69) is 5.10 Å². The minimum Gasteiger partial charge on any atom is -0.497 e. The second kappa shape index (κ2) is 4.69. The number of methoxy groups -OCH3 is 1. The number of carbonyl (C=O) groups is 1. The van der Waals surface area contributed by atoms with Gasteiger partial charge in [-0.15, -0.1) is 0 Å². The molecule has 2 aromatic rings. The summed E-state index contributed by atoms with van der Waals surface area (Å²) in [5, 5.41) is 3.90. The number of aryl methyl sites for hydroxylation is 1. The Labute approximate surface area is 98.6 Å². The molecule has 0 atom stereocenters. The van der Waals surface area contributed by atoms with Gasteiger partial charge in [0, 0.05) is 13.2 Å². The normalized spacial score (nSPS) is 10.0. The van der Waals surface area contributed by atoms with Gasteiger partial charge in [0.2, 0.25) is 0 Å². The molecule has 0 unspecified atom stereocenters. The molecule has 0 aliphatic rings. The Morgan fingerprint density at radius 2 is 1.88 bits per heavy atom. The Balaban J connectivity index is 2.07. The fourth-order valence-electron chi connectivity index (χ4n) is 1.34. The highest BCUT2D eigenvalue weighted by Crippen LogP contribution is 2.18. The maximum Gasteiger partial charge on any atom is 0.346 e. The third kappa shape index (κ3) is 2.63. The molecule has 0 fully saturated rings. The van der Waals surface area contributed by atoms with Crippen molar-refractivity contribution in [2.24, 2.45) is 7.05 Å². The Kier molecular flexibility index (Phi) is 3.09. The quantitative estimate of drug-likeness (QED) is 0.596. The van der Waals surface area contributed by atoms with Crippen LogP contribution in [0.25, 0.3) is 0 Å². The smallest absolute Gasteiger partial charge is 0.346 e. The molecule has 2 rings (SSSR count). The van der Waals surface area contributed by atoms with E-state index in [-0.39, 0.29) is 0 Å². The molecule has 1 heterocycles. The van der Waals surface area contributed by atoms with Gasteiger partial charge in [0.05, 0.1) is 18.9 Å². The number of hydrogen-bond acceptors (Lipinski definition) is 4. The number of benzene rings is 1. The van der Waals surface area contributed by atoms with E-state index in [0.717, 1.165) is 0 Å². The maximum atomic E-state index is 11.7. The lowest BCUT2D eigenvalue weighted by Gasteiger charge is -2.03. The van der Waals surface area contributed by atoms with Crippen LogP contribution in [-0.2, 0) is 7.05 Å². The van der Waals surface area contributed by atoms with Gasteiger partial charge in [0.1, 0.15) is 11.5 Å². The van der Waals surface area contributed by atoms with Gasteiger partial charge in [0.25, 0.3) is 0 Å². The van der Waals surface area contributed by atoms with Crippen LogP contribution < -0.4 is 9.47 Å². The lowest BCUT2D eigenvalue weighted by molar-refractivity contribution is 0.0734. The SMILES string of the molecule is COc1ccc(OC(=O)c2cnn(C)c2)cc1. The number of esters is 1. The van der Waals surface area contributed by atoms with Gasteiger partial charge in [0.15, 0.2) is 0 Å².